The maximum absolute atomic E-state index is 13.7. The number of hydrogen-bond acceptors (Lipinski definition) is 3. The molecule has 1 aromatic heterocycles. The van der Waals surface area contributed by atoms with Gasteiger partial charge in [-0.3, -0.25) is 4.79 Å². The number of methoxy groups -OCH3 is 1. The quantitative estimate of drug-likeness (QED) is 0.793. The van der Waals surface area contributed by atoms with E-state index < -0.39 is 0 Å². The minimum Gasteiger partial charge on any atom is -0.453 e. The number of rotatable bonds is 6. The Labute approximate surface area is 147 Å². The van der Waals surface area contributed by atoms with Crippen molar-refractivity contribution in [1.82, 2.24) is 4.90 Å². The predicted octanol–water partition coefficient (Wildman–Crippen LogP) is 4.05. The van der Waals surface area contributed by atoms with Crippen LogP contribution in [0.2, 0.25) is 0 Å². The minimum atomic E-state index is -0.146. The summed E-state index contributed by atoms with van der Waals surface area (Å²) in [5.74, 6) is 1.19. The highest BCUT2D eigenvalue weighted by molar-refractivity contribution is 5.91. The van der Waals surface area contributed by atoms with E-state index in [1.807, 2.05) is 17.0 Å². The van der Waals surface area contributed by atoms with E-state index in [9.17, 15) is 9.18 Å². The van der Waals surface area contributed by atoms with Crippen molar-refractivity contribution in [3.05, 3.63) is 59.3 Å². The largest absolute Gasteiger partial charge is 0.453 e. The number of ether oxygens (including phenoxy) is 1. The second-order valence-electron chi connectivity index (χ2n) is 6.59. The summed E-state index contributed by atoms with van der Waals surface area (Å²) in [6.07, 6.45) is 3.64. The number of carbonyl (C=O) groups is 1. The summed E-state index contributed by atoms with van der Waals surface area (Å²) in [4.78, 5) is 14.5. The van der Waals surface area contributed by atoms with Crippen molar-refractivity contribution in [2.75, 3.05) is 20.2 Å². The van der Waals surface area contributed by atoms with Crippen LogP contribution >= 0.6 is 0 Å². The Morgan fingerprint density at radius 1 is 1.32 bits per heavy atom. The van der Waals surface area contributed by atoms with Gasteiger partial charge in [0.25, 0.3) is 5.91 Å². The maximum atomic E-state index is 13.7. The molecule has 0 spiro atoms. The van der Waals surface area contributed by atoms with Crippen molar-refractivity contribution in [3.63, 3.8) is 0 Å². The second-order valence-corrected chi connectivity index (χ2v) is 6.59. The third kappa shape index (κ3) is 4.48. The van der Waals surface area contributed by atoms with Crippen LogP contribution in [0.5, 0.6) is 0 Å². The minimum absolute atomic E-state index is 0.0713. The molecule has 5 heteroatoms. The Bertz CT molecular complexity index is 712. The lowest BCUT2D eigenvalue weighted by molar-refractivity contribution is 0.0629. The van der Waals surface area contributed by atoms with E-state index in [1.165, 1.54) is 6.07 Å². The Balaban J connectivity index is 1.56. The number of halogens is 1. The monoisotopic (exact) mass is 345 g/mol. The Kier molecular flexibility index (Phi) is 5.87. The molecule has 1 unspecified atom stereocenters. The van der Waals surface area contributed by atoms with E-state index in [-0.39, 0.29) is 11.7 Å². The molecule has 1 fully saturated rings. The van der Waals surface area contributed by atoms with E-state index in [1.54, 1.807) is 25.3 Å². The first kappa shape index (κ1) is 17.7. The number of benzene rings is 1. The lowest BCUT2D eigenvalue weighted by Gasteiger charge is -2.32. The first-order valence-corrected chi connectivity index (χ1v) is 8.77. The molecule has 4 nitrogen and oxygen atoms in total. The Morgan fingerprint density at radius 2 is 2.16 bits per heavy atom. The van der Waals surface area contributed by atoms with Crippen LogP contribution in [0, 0.1) is 11.7 Å². The number of nitrogens with zero attached hydrogens (tertiary/aromatic N) is 1. The average Bonchev–Trinajstić information content (AvgIpc) is 3.10. The van der Waals surface area contributed by atoms with Gasteiger partial charge in [0.15, 0.2) is 5.76 Å². The fourth-order valence-electron chi connectivity index (χ4n) is 3.41. The van der Waals surface area contributed by atoms with E-state index in [0.717, 1.165) is 31.4 Å². The van der Waals surface area contributed by atoms with Crippen molar-refractivity contribution in [3.8, 4) is 0 Å². The zero-order chi connectivity index (χ0) is 17.6. The normalized spacial score (nSPS) is 17.7. The highest BCUT2D eigenvalue weighted by Crippen LogP contribution is 2.24. The summed E-state index contributed by atoms with van der Waals surface area (Å²) in [6, 6.07) is 10.4. The third-order valence-electron chi connectivity index (χ3n) is 4.74. The van der Waals surface area contributed by atoms with Crippen LogP contribution in [0.15, 0.2) is 40.8 Å². The molecule has 2 aromatic rings. The number of piperidine rings is 1. The molecule has 1 aliphatic heterocycles. The highest BCUT2D eigenvalue weighted by Gasteiger charge is 2.26. The van der Waals surface area contributed by atoms with Gasteiger partial charge in [-0.2, -0.15) is 0 Å². The van der Waals surface area contributed by atoms with Gasteiger partial charge in [0.1, 0.15) is 18.2 Å². The van der Waals surface area contributed by atoms with Crippen molar-refractivity contribution in [1.29, 1.82) is 0 Å². The zero-order valence-corrected chi connectivity index (χ0v) is 14.5. The van der Waals surface area contributed by atoms with Crippen LogP contribution in [-0.2, 0) is 17.8 Å². The molecule has 1 saturated heterocycles. The SMILES string of the molecule is COCc1ccc(C(=O)N2CCCC(CCc3ccccc3F)C2)o1. The van der Waals surface area contributed by atoms with Crippen molar-refractivity contribution < 1.29 is 18.3 Å². The van der Waals surface area contributed by atoms with Crippen LogP contribution in [-0.4, -0.2) is 31.0 Å². The summed E-state index contributed by atoms with van der Waals surface area (Å²) in [7, 11) is 1.59. The molecule has 1 aliphatic rings. The average molecular weight is 345 g/mol. The fourth-order valence-corrected chi connectivity index (χ4v) is 3.41. The summed E-state index contributed by atoms with van der Waals surface area (Å²) >= 11 is 0. The van der Waals surface area contributed by atoms with Gasteiger partial charge >= 0.3 is 0 Å². The molecule has 1 aromatic carbocycles. The number of hydrogen-bond donors (Lipinski definition) is 0. The molecule has 1 amide bonds. The van der Waals surface area contributed by atoms with Crippen molar-refractivity contribution in [2.45, 2.75) is 32.3 Å². The van der Waals surface area contributed by atoms with Gasteiger partial charge in [0.2, 0.25) is 0 Å². The predicted molar refractivity (Wildman–Crippen MR) is 92.8 cm³/mol. The molecule has 3 rings (SSSR count). The van der Waals surface area contributed by atoms with Crippen LogP contribution in [0.25, 0.3) is 0 Å². The number of likely N-dealkylation sites (tertiary alicyclic amines) is 1. The van der Waals surface area contributed by atoms with Gasteiger partial charge in [-0.15, -0.1) is 0 Å². The lowest BCUT2D eigenvalue weighted by Crippen LogP contribution is -2.39. The molecule has 1 atom stereocenters. The summed E-state index contributed by atoms with van der Waals surface area (Å²) < 4.78 is 24.3. The Morgan fingerprint density at radius 3 is 2.96 bits per heavy atom. The smallest absolute Gasteiger partial charge is 0.289 e. The molecule has 134 valence electrons. The molecule has 2 heterocycles. The van der Waals surface area contributed by atoms with Gasteiger partial charge < -0.3 is 14.1 Å². The maximum Gasteiger partial charge on any atom is 0.289 e. The summed E-state index contributed by atoms with van der Waals surface area (Å²) in [6.45, 7) is 1.81. The fraction of sp³-hybridized carbons (Fsp3) is 0.450. The highest BCUT2D eigenvalue weighted by atomic mass is 19.1. The topological polar surface area (TPSA) is 42.7 Å². The number of furan rings is 1. The molecule has 0 bridgehead atoms. The number of aryl methyl sites for hydroxylation is 1. The van der Waals surface area contributed by atoms with Gasteiger partial charge in [-0.1, -0.05) is 18.2 Å². The summed E-state index contributed by atoms with van der Waals surface area (Å²) in [5.41, 5.74) is 0.751. The van der Waals surface area contributed by atoms with Gasteiger partial charge in [0, 0.05) is 20.2 Å². The molecular weight excluding hydrogens is 321 g/mol. The van der Waals surface area contributed by atoms with E-state index in [2.05, 4.69) is 0 Å². The van der Waals surface area contributed by atoms with Crippen molar-refractivity contribution in [2.24, 2.45) is 5.92 Å². The van der Waals surface area contributed by atoms with Crippen LogP contribution in [0.1, 0.15) is 41.1 Å². The van der Waals surface area contributed by atoms with Crippen molar-refractivity contribution >= 4 is 5.91 Å². The van der Waals surface area contributed by atoms with E-state index in [0.29, 0.717) is 37.0 Å². The lowest BCUT2D eigenvalue weighted by atomic mass is 9.91. The zero-order valence-electron chi connectivity index (χ0n) is 14.5. The summed E-state index contributed by atoms with van der Waals surface area (Å²) in [5, 5.41) is 0. The standard InChI is InChI=1S/C20H24FNO3/c1-24-14-17-10-11-19(25-17)20(23)22-12-4-5-15(13-22)8-9-16-6-2-3-7-18(16)21/h2-3,6-7,10-11,15H,4-5,8-9,12-14H2,1H3. The second kappa shape index (κ2) is 8.30. The first-order chi connectivity index (χ1) is 12.2. The van der Waals surface area contributed by atoms with E-state index >= 15 is 0 Å². The molecule has 0 aliphatic carbocycles. The molecule has 0 saturated carbocycles. The van der Waals surface area contributed by atoms with Crippen LogP contribution in [0.3, 0.4) is 0 Å². The third-order valence-corrected chi connectivity index (χ3v) is 4.74. The number of amides is 1. The molecule has 25 heavy (non-hydrogen) atoms. The molecule has 0 radical (unpaired) electrons. The number of carbonyl (C=O) groups excluding carboxylic acids is 1. The van der Waals surface area contributed by atoms with Crippen LogP contribution < -0.4 is 0 Å². The van der Waals surface area contributed by atoms with Gasteiger partial charge in [-0.25, -0.2) is 4.39 Å². The van der Waals surface area contributed by atoms with Crippen LogP contribution in [0.4, 0.5) is 4.39 Å². The molecular formula is C20H24FNO3. The molecule has 0 N–H and O–H groups in total. The first-order valence-electron chi connectivity index (χ1n) is 8.77. The van der Waals surface area contributed by atoms with Gasteiger partial charge in [-0.05, 0) is 55.4 Å². The van der Waals surface area contributed by atoms with Gasteiger partial charge in [0.05, 0.1) is 0 Å². The van der Waals surface area contributed by atoms with E-state index in [4.69, 9.17) is 9.15 Å². The Hall–Kier alpha value is -2.14.